The molecule has 1 heterocycles. The number of amides is 1. The van der Waals surface area contributed by atoms with Crippen LogP contribution in [0.25, 0.3) is 0 Å². The van der Waals surface area contributed by atoms with Crippen LogP contribution >= 0.6 is 0 Å². The van der Waals surface area contributed by atoms with E-state index >= 15 is 0 Å². The van der Waals surface area contributed by atoms with Crippen molar-refractivity contribution in [2.75, 3.05) is 10.6 Å². The summed E-state index contributed by atoms with van der Waals surface area (Å²) < 4.78 is 38.4. The number of hydrogen-bond acceptors (Lipinski definition) is 4. The average Bonchev–Trinajstić information content (AvgIpc) is 2.68. The van der Waals surface area contributed by atoms with Crippen LogP contribution in [-0.2, 0) is 6.18 Å². The number of halogens is 3. The molecule has 1 amide bonds. The third kappa shape index (κ3) is 4.45. The van der Waals surface area contributed by atoms with Crippen LogP contribution in [0.3, 0.4) is 0 Å². The second-order valence-corrected chi connectivity index (χ2v) is 5.74. The van der Waals surface area contributed by atoms with Gasteiger partial charge in [0, 0.05) is 17.6 Å². The summed E-state index contributed by atoms with van der Waals surface area (Å²) in [6.07, 6.45) is -3.12. The maximum Gasteiger partial charge on any atom is 0.416 e. The number of carbonyl (C=O) groups is 1. The van der Waals surface area contributed by atoms with Gasteiger partial charge in [0.05, 0.1) is 16.8 Å². The largest absolute Gasteiger partial charge is 0.416 e. The molecule has 28 heavy (non-hydrogen) atoms. The first kappa shape index (κ1) is 18.9. The smallest absolute Gasteiger partial charge is 0.354 e. The first-order chi connectivity index (χ1) is 13.4. The molecule has 1 aromatic heterocycles. The summed E-state index contributed by atoms with van der Waals surface area (Å²) in [5, 5.41) is 14.6. The van der Waals surface area contributed by atoms with E-state index in [1.54, 1.807) is 30.3 Å². The number of rotatable bonds is 4. The third-order valence-corrected chi connectivity index (χ3v) is 3.77. The zero-order chi connectivity index (χ0) is 20.1. The molecule has 2 N–H and O–H groups in total. The summed E-state index contributed by atoms with van der Waals surface area (Å²) in [5.41, 5.74) is 0.648. The van der Waals surface area contributed by atoms with Gasteiger partial charge in [0.15, 0.2) is 0 Å². The lowest BCUT2D eigenvalue weighted by atomic mass is 10.2. The van der Waals surface area contributed by atoms with Crippen LogP contribution in [0.15, 0.2) is 66.9 Å². The number of aromatic nitrogens is 1. The van der Waals surface area contributed by atoms with Gasteiger partial charge in [-0.3, -0.25) is 9.78 Å². The third-order valence-electron chi connectivity index (χ3n) is 3.77. The highest BCUT2D eigenvalue weighted by molar-refractivity contribution is 6.03. The minimum absolute atomic E-state index is 0.00909. The minimum Gasteiger partial charge on any atom is -0.354 e. The van der Waals surface area contributed by atoms with Crippen LogP contribution in [0.5, 0.6) is 0 Å². The van der Waals surface area contributed by atoms with Crippen LogP contribution in [-0.4, -0.2) is 10.9 Å². The number of carbonyl (C=O) groups excluding carboxylic acids is 1. The lowest BCUT2D eigenvalue weighted by Gasteiger charge is -2.11. The van der Waals surface area contributed by atoms with Gasteiger partial charge in [-0.1, -0.05) is 18.2 Å². The highest BCUT2D eigenvalue weighted by Crippen LogP contribution is 2.30. The summed E-state index contributed by atoms with van der Waals surface area (Å²) in [5.74, 6) is -0.656. The SMILES string of the molecule is N#Cc1ccccc1Nc1ccnc(C(=O)Nc2cccc(C(F)(F)F)c2)c1. The van der Waals surface area contributed by atoms with Crippen LogP contribution in [0, 0.1) is 11.3 Å². The average molecular weight is 382 g/mol. The van der Waals surface area contributed by atoms with Crippen LogP contribution < -0.4 is 10.6 Å². The molecule has 3 rings (SSSR count). The Hall–Kier alpha value is -3.86. The van der Waals surface area contributed by atoms with E-state index in [1.807, 2.05) is 0 Å². The number of nitrogens with one attached hydrogen (secondary N) is 2. The Labute approximate surface area is 158 Å². The molecule has 0 radical (unpaired) electrons. The van der Waals surface area contributed by atoms with E-state index in [2.05, 4.69) is 21.7 Å². The predicted molar refractivity (Wildman–Crippen MR) is 98.1 cm³/mol. The maximum atomic E-state index is 12.8. The summed E-state index contributed by atoms with van der Waals surface area (Å²) in [6, 6.07) is 16.3. The van der Waals surface area contributed by atoms with Crippen LogP contribution in [0.4, 0.5) is 30.2 Å². The highest BCUT2D eigenvalue weighted by Gasteiger charge is 2.30. The van der Waals surface area contributed by atoms with Gasteiger partial charge in [0.25, 0.3) is 5.91 Å². The van der Waals surface area contributed by atoms with E-state index in [0.717, 1.165) is 12.1 Å². The van der Waals surface area contributed by atoms with Crippen molar-refractivity contribution in [3.05, 3.63) is 83.7 Å². The monoisotopic (exact) mass is 382 g/mol. The number of anilines is 3. The molecule has 0 aliphatic heterocycles. The Kier molecular flexibility index (Phi) is 5.27. The topological polar surface area (TPSA) is 77.8 Å². The zero-order valence-corrected chi connectivity index (χ0v) is 14.3. The lowest BCUT2D eigenvalue weighted by molar-refractivity contribution is -0.137. The van der Waals surface area contributed by atoms with E-state index < -0.39 is 17.6 Å². The van der Waals surface area contributed by atoms with Crippen molar-refractivity contribution < 1.29 is 18.0 Å². The number of pyridine rings is 1. The maximum absolute atomic E-state index is 12.8. The number of nitriles is 1. The number of hydrogen-bond donors (Lipinski definition) is 2. The molecule has 0 saturated carbocycles. The quantitative estimate of drug-likeness (QED) is 0.668. The second-order valence-electron chi connectivity index (χ2n) is 5.74. The molecule has 0 aliphatic carbocycles. The number of para-hydroxylation sites is 1. The van der Waals surface area contributed by atoms with Crippen molar-refractivity contribution in [1.29, 1.82) is 5.26 Å². The van der Waals surface area contributed by atoms with Crippen molar-refractivity contribution in [3.8, 4) is 6.07 Å². The lowest BCUT2D eigenvalue weighted by Crippen LogP contribution is -2.14. The Bertz CT molecular complexity index is 1060. The molecular weight excluding hydrogens is 369 g/mol. The molecule has 0 fully saturated rings. The van der Waals surface area contributed by atoms with E-state index in [1.165, 1.54) is 24.4 Å². The molecule has 0 bridgehead atoms. The second kappa shape index (κ2) is 7.80. The van der Waals surface area contributed by atoms with Gasteiger partial charge in [-0.25, -0.2) is 0 Å². The molecule has 8 heteroatoms. The summed E-state index contributed by atoms with van der Waals surface area (Å²) in [7, 11) is 0. The van der Waals surface area contributed by atoms with Crippen molar-refractivity contribution in [3.63, 3.8) is 0 Å². The van der Waals surface area contributed by atoms with Gasteiger partial charge in [0.1, 0.15) is 11.8 Å². The van der Waals surface area contributed by atoms with E-state index in [4.69, 9.17) is 5.26 Å². The standard InChI is InChI=1S/C20H13F3N4O/c21-20(22,23)14-5-3-6-15(10-14)27-19(28)18-11-16(8-9-25-18)26-17-7-2-1-4-13(17)12-24/h1-11H,(H,25,26)(H,27,28). The van der Waals surface area contributed by atoms with Crippen LogP contribution in [0.1, 0.15) is 21.6 Å². The van der Waals surface area contributed by atoms with Crippen molar-refractivity contribution in [1.82, 2.24) is 4.98 Å². The Morgan fingerprint density at radius 3 is 2.54 bits per heavy atom. The number of alkyl halides is 3. The van der Waals surface area contributed by atoms with Gasteiger partial charge in [0.2, 0.25) is 0 Å². The van der Waals surface area contributed by atoms with E-state index in [0.29, 0.717) is 16.9 Å². The molecular formula is C20H13F3N4O. The number of benzene rings is 2. The predicted octanol–water partition coefficient (Wildman–Crippen LogP) is 4.97. The fourth-order valence-electron chi connectivity index (χ4n) is 2.45. The Morgan fingerprint density at radius 1 is 1.00 bits per heavy atom. The fraction of sp³-hybridized carbons (Fsp3) is 0.0500. The first-order valence-corrected chi connectivity index (χ1v) is 8.07. The molecule has 0 atom stereocenters. The Balaban J connectivity index is 1.79. The molecule has 5 nitrogen and oxygen atoms in total. The molecule has 2 aromatic carbocycles. The fourth-order valence-corrected chi connectivity index (χ4v) is 2.45. The molecule has 0 aliphatic rings. The first-order valence-electron chi connectivity index (χ1n) is 8.07. The molecule has 0 spiro atoms. The van der Waals surface area contributed by atoms with Gasteiger partial charge in [-0.15, -0.1) is 0 Å². The number of nitrogens with zero attached hydrogens (tertiary/aromatic N) is 2. The van der Waals surface area contributed by atoms with Crippen molar-refractivity contribution in [2.45, 2.75) is 6.18 Å². The van der Waals surface area contributed by atoms with Crippen molar-refractivity contribution >= 4 is 23.0 Å². The summed E-state index contributed by atoms with van der Waals surface area (Å²) in [6.45, 7) is 0. The van der Waals surface area contributed by atoms with E-state index in [9.17, 15) is 18.0 Å². The van der Waals surface area contributed by atoms with Crippen LogP contribution in [0.2, 0.25) is 0 Å². The van der Waals surface area contributed by atoms with Crippen molar-refractivity contribution in [2.24, 2.45) is 0 Å². The molecule has 0 unspecified atom stereocenters. The summed E-state index contributed by atoms with van der Waals surface area (Å²) >= 11 is 0. The highest BCUT2D eigenvalue weighted by atomic mass is 19.4. The summed E-state index contributed by atoms with van der Waals surface area (Å²) in [4.78, 5) is 16.3. The Morgan fingerprint density at radius 2 is 1.79 bits per heavy atom. The van der Waals surface area contributed by atoms with E-state index in [-0.39, 0.29) is 11.4 Å². The minimum atomic E-state index is -4.50. The van der Waals surface area contributed by atoms with Gasteiger partial charge in [-0.2, -0.15) is 18.4 Å². The molecule has 0 saturated heterocycles. The zero-order valence-electron chi connectivity index (χ0n) is 14.3. The van der Waals surface area contributed by atoms with Gasteiger partial charge >= 0.3 is 6.18 Å². The van der Waals surface area contributed by atoms with Gasteiger partial charge in [-0.05, 0) is 42.5 Å². The molecule has 140 valence electrons. The molecule has 3 aromatic rings. The van der Waals surface area contributed by atoms with Gasteiger partial charge < -0.3 is 10.6 Å². The normalized spacial score (nSPS) is 10.8.